The van der Waals surface area contributed by atoms with Crippen LogP contribution in [-0.2, 0) is 11.2 Å². The van der Waals surface area contributed by atoms with Gasteiger partial charge in [-0.25, -0.2) is 0 Å². The molecule has 0 aromatic heterocycles. The fourth-order valence-electron chi connectivity index (χ4n) is 3.24. The summed E-state index contributed by atoms with van der Waals surface area (Å²) in [4.78, 5) is 0. The maximum atomic E-state index is 5.76. The molecule has 1 fully saturated rings. The molecular formula is C18H24N2O. The summed E-state index contributed by atoms with van der Waals surface area (Å²) in [7, 11) is 0. The molecule has 112 valence electrons. The van der Waals surface area contributed by atoms with Crippen molar-refractivity contribution in [2.75, 3.05) is 6.61 Å². The Labute approximate surface area is 126 Å². The van der Waals surface area contributed by atoms with Gasteiger partial charge in [-0.05, 0) is 48.4 Å². The Bertz CT molecular complexity index is 573. The standard InChI is InChI=1S/C18H24N2O/c19-20-16(10-11-17-8-4-12-21-17)13-15-7-3-6-14-5-1-2-9-18(14)15/h1-3,5-7,9,16-17,20H,4,8,10-13,19H2. The van der Waals surface area contributed by atoms with Crippen molar-refractivity contribution in [3.8, 4) is 0 Å². The lowest BCUT2D eigenvalue weighted by atomic mass is 9.96. The summed E-state index contributed by atoms with van der Waals surface area (Å²) in [5, 5.41) is 2.63. The van der Waals surface area contributed by atoms with Crippen molar-refractivity contribution in [3.63, 3.8) is 0 Å². The molecular weight excluding hydrogens is 260 g/mol. The van der Waals surface area contributed by atoms with Gasteiger partial charge < -0.3 is 4.74 Å². The smallest absolute Gasteiger partial charge is 0.0576 e. The Morgan fingerprint density at radius 2 is 2.05 bits per heavy atom. The van der Waals surface area contributed by atoms with Crippen LogP contribution in [-0.4, -0.2) is 18.8 Å². The van der Waals surface area contributed by atoms with Crippen LogP contribution >= 0.6 is 0 Å². The predicted molar refractivity (Wildman–Crippen MR) is 87.0 cm³/mol. The van der Waals surface area contributed by atoms with E-state index in [9.17, 15) is 0 Å². The molecule has 1 aliphatic rings. The van der Waals surface area contributed by atoms with Crippen molar-refractivity contribution in [1.29, 1.82) is 0 Å². The number of hydrogen-bond acceptors (Lipinski definition) is 3. The Morgan fingerprint density at radius 1 is 1.19 bits per heavy atom. The van der Waals surface area contributed by atoms with Gasteiger partial charge in [-0.3, -0.25) is 11.3 Å². The molecule has 0 aliphatic carbocycles. The average molecular weight is 284 g/mol. The summed E-state index contributed by atoms with van der Waals surface area (Å²) >= 11 is 0. The van der Waals surface area contributed by atoms with Crippen LogP contribution in [0.4, 0.5) is 0 Å². The summed E-state index contributed by atoms with van der Waals surface area (Å²) < 4.78 is 5.70. The Morgan fingerprint density at radius 3 is 2.86 bits per heavy atom. The first kappa shape index (κ1) is 14.5. The van der Waals surface area contributed by atoms with Crippen molar-refractivity contribution in [2.45, 2.75) is 44.2 Å². The van der Waals surface area contributed by atoms with E-state index < -0.39 is 0 Å². The van der Waals surface area contributed by atoms with E-state index in [0.29, 0.717) is 12.1 Å². The normalized spacial score (nSPS) is 20.0. The van der Waals surface area contributed by atoms with Crippen LogP contribution in [0.1, 0.15) is 31.2 Å². The maximum Gasteiger partial charge on any atom is 0.0576 e. The zero-order valence-electron chi connectivity index (χ0n) is 12.4. The lowest BCUT2D eigenvalue weighted by molar-refractivity contribution is 0.0996. The Balaban J connectivity index is 1.67. The molecule has 2 atom stereocenters. The highest BCUT2D eigenvalue weighted by molar-refractivity contribution is 5.85. The van der Waals surface area contributed by atoms with Crippen molar-refractivity contribution in [1.82, 2.24) is 5.43 Å². The van der Waals surface area contributed by atoms with Crippen molar-refractivity contribution >= 4 is 10.8 Å². The minimum Gasteiger partial charge on any atom is -0.378 e. The fraction of sp³-hybridized carbons (Fsp3) is 0.444. The molecule has 3 rings (SSSR count). The second-order valence-electron chi connectivity index (χ2n) is 5.92. The summed E-state index contributed by atoms with van der Waals surface area (Å²) in [6.45, 7) is 0.925. The zero-order chi connectivity index (χ0) is 14.5. The average Bonchev–Trinajstić information content (AvgIpc) is 3.05. The number of hydrogen-bond donors (Lipinski definition) is 2. The molecule has 21 heavy (non-hydrogen) atoms. The van der Waals surface area contributed by atoms with E-state index in [2.05, 4.69) is 47.9 Å². The van der Waals surface area contributed by atoms with Crippen LogP contribution < -0.4 is 11.3 Å². The second kappa shape index (κ2) is 7.03. The van der Waals surface area contributed by atoms with E-state index in [4.69, 9.17) is 10.6 Å². The number of nitrogens with two attached hydrogens (primary N) is 1. The van der Waals surface area contributed by atoms with E-state index in [1.54, 1.807) is 0 Å². The molecule has 0 radical (unpaired) electrons. The van der Waals surface area contributed by atoms with Gasteiger partial charge in [0.05, 0.1) is 6.10 Å². The number of nitrogens with one attached hydrogen (secondary N) is 1. The topological polar surface area (TPSA) is 47.3 Å². The lowest BCUT2D eigenvalue weighted by Gasteiger charge is -2.19. The van der Waals surface area contributed by atoms with E-state index in [1.165, 1.54) is 29.2 Å². The zero-order valence-corrected chi connectivity index (χ0v) is 12.4. The molecule has 2 aromatic rings. The molecule has 1 aliphatic heterocycles. The minimum atomic E-state index is 0.306. The van der Waals surface area contributed by atoms with Gasteiger partial charge in [0.25, 0.3) is 0 Å². The van der Waals surface area contributed by atoms with Gasteiger partial charge in [-0.2, -0.15) is 0 Å². The third-order valence-electron chi connectivity index (χ3n) is 4.44. The van der Waals surface area contributed by atoms with Crippen LogP contribution in [0.2, 0.25) is 0 Å². The fourth-order valence-corrected chi connectivity index (χ4v) is 3.24. The first-order valence-electron chi connectivity index (χ1n) is 7.91. The van der Waals surface area contributed by atoms with Crippen molar-refractivity contribution in [3.05, 3.63) is 48.0 Å². The van der Waals surface area contributed by atoms with Gasteiger partial charge in [0.2, 0.25) is 0 Å². The molecule has 2 unspecified atom stereocenters. The minimum absolute atomic E-state index is 0.306. The molecule has 0 spiro atoms. The molecule has 1 heterocycles. The molecule has 3 nitrogen and oxygen atoms in total. The van der Waals surface area contributed by atoms with E-state index >= 15 is 0 Å². The summed E-state index contributed by atoms with van der Waals surface area (Å²) in [6, 6.07) is 15.3. The lowest BCUT2D eigenvalue weighted by Crippen LogP contribution is -2.37. The van der Waals surface area contributed by atoms with Gasteiger partial charge >= 0.3 is 0 Å². The van der Waals surface area contributed by atoms with Gasteiger partial charge in [-0.15, -0.1) is 0 Å². The SMILES string of the molecule is NNC(CCC1CCCO1)Cc1cccc2ccccc12. The van der Waals surface area contributed by atoms with Gasteiger partial charge in [0.1, 0.15) is 0 Å². The maximum absolute atomic E-state index is 5.76. The molecule has 0 saturated carbocycles. The number of hydrazine groups is 1. The molecule has 3 heteroatoms. The van der Waals surface area contributed by atoms with Gasteiger partial charge in [-0.1, -0.05) is 42.5 Å². The Kier molecular flexibility index (Phi) is 4.86. The van der Waals surface area contributed by atoms with Crippen LogP contribution in [0, 0.1) is 0 Å². The van der Waals surface area contributed by atoms with Crippen LogP contribution in [0.25, 0.3) is 10.8 Å². The third-order valence-corrected chi connectivity index (χ3v) is 4.44. The monoisotopic (exact) mass is 284 g/mol. The summed E-state index contributed by atoms with van der Waals surface area (Å²) in [5.41, 5.74) is 4.35. The van der Waals surface area contributed by atoms with Crippen molar-refractivity contribution < 1.29 is 4.74 Å². The highest BCUT2D eigenvalue weighted by Gasteiger charge is 2.18. The van der Waals surface area contributed by atoms with Crippen molar-refractivity contribution in [2.24, 2.45) is 5.84 Å². The van der Waals surface area contributed by atoms with Crippen LogP contribution in [0.5, 0.6) is 0 Å². The van der Waals surface area contributed by atoms with Gasteiger partial charge in [0, 0.05) is 12.6 Å². The number of benzene rings is 2. The molecule has 1 saturated heterocycles. The molecule has 3 N–H and O–H groups in total. The third kappa shape index (κ3) is 3.62. The molecule has 2 aromatic carbocycles. The summed E-state index contributed by atoms with van der Waals surface area (Å²) in [5.74, 6) is 5.76. The number of ether oxygens (including phenoxy) is 1. The quantitative estimate of drug-likeness (QED) is 0.632. The van der Waals surface area contributed by atoms with E-state index in [1.807, 2.05) is 0 Å². The number of rotatable bonds is 6. The summed E-state index contributed by atoms with van der Waals surface area (Å²) in [6.07, 6.45) is 5.96. The van der Waals surface area contributed by atoms with Crippen LogP contribution in [0.3, 0.4) is 0 Å². The first-order valence-corrected chi connectivity index (χ1v) is 7.91. The first-order chi connectivity index (χ1) is 10.4. The predicted octanol–water partition coefficient (Wildman–Crippen LogP) is 3.17. The highest BCUT2D eigenvalue weighted by atomic mass is 16.5. The Hall–Kier alpha value is -1.42. The van der Waals surface area contributed by atoms with E-state index in [0.717, 1.165) is 25.9 Å². The second-order valence-corrected chi connectivity index (χ2v) is 5.92. The largest absolute Gasteiger partial charge is 0.378 e. The number of fused-ring (bicyclic) bond motifs is 1. The van der Waals surface area contributed by atoms with E-state index in [-0.39, 0.29) is 0 Å². The molecule has 0 bridgehead atoms. The van der Waals surface area contributed by atoms with Gasteiger partial charge in [0.15, 0.2) is 0 Å². The molecule has 0 amide bonds. The highest BCUT2D eigenvalue weighted by Crippen LogP contribution is 2.22. The van der Waals surface area contributed by atoms with Crippen LogP contribution in [0.15, 0.2) is 42.5 Å².